The van der Waals surface area contributed by atoms with Crippen molar-refractivity contribution in [3.63, 3.8) is 0 Å². The molecule has 1 heterocycles. The van der Waals surface area contributed by atoms with Crippen molar-refractivity contribution in [2.45, 2.75) is 66.9 Å². The lowest BCUT2D eigenvalue weighted by Crippen LogP contribution is -2.84. The Bertz CT molecular complexity index is 2260. The van der Waals surface area contributed by atoms with E-state index in [0.29, 0.717) is 27.8 Å². The molecule has 1 saturated heterocycles. The fourth-order valence-corrected chi connectivity index (χ4v) is 8.63. The summed E-state index contributed by atoms with van der Waals surface area (Å²) < 4.78 is 6.69. The van der Waals surface area contributed by atoms with Crippen LogP contribution in [0.1, 0.15) is 27.8 Å². The lowest BCUT2D eigenvalue weighted by atomic mass is 9.55. The van der Waals surface area contributed by atoms with Gasteiger partial charge in [0, 0.05) is 25.7 Å². The second-order valence-corrected chi connectivity index (χ2v) is 15.3. The van der Waals surface area contributed by atoms with E-state index in [1.807, 2.05) is 6.07 Å². The summed E-state index contributed by atoms with van der Waals surface area (Å²) in [6.45, 7) is 0. The summed E-state index contributed by atoms with van der Waals surface area (Å²) in [5.74, 6) is -4.83. The summed E-state index contributed by atoms with van der Waals surface area (Å²) in [7, 11) is 0. The van der Waals surface area contributed by atoms with Crippen LogP contribution in [-0.4, -0.2) is 88.5 Å². The Morgan fingerprint density at radius 2 is 1.12 bits per heavy atom. The van der Waals surface area contributed by atoms with Crippen LogP contribution in [0.25, 0.3) is 6.08 Å². The van der Waals surface area contributed by atoms with Crippen LogP contribution in [0.3, 0.4) is 0 Å². The molecule has 5 aromatic carbocycles. The van der Waals surface area contributed by atoms with Crippen LogP contribution in [0.15, 0.2) is 163 Å². The van der Waals surface area contributed by atoms with Crippen molar-refractivity contribution in [1.82, 2.24) is 0 Å². The predicted molar refractivity (Wildman–Crippen MR) is 216 cm³/mol. The molecule has 0 amide bonds. The number of allylic oxidation sites excluding steroid dienone is 2. The van der Waals surface area contributed by atoms with Crippen LogP contribution in [0.2, 0.25) is 0 Å². The van der Waals surface area contributed by atoms with Crippen LogP contribution in [0, 0.1) is 5.92 Å². The monoisotopic (exact) mass is 782 g/mol. The average Bonchev–Trinajstić information content (AvgIpc) is 3.44. The highest BCUT2D eigenvalue weighted by molar-refractivity contribution is 6.27. The number of carbonyl (C=O) groups is 2. The number of hydrogen-bond acceptors (Lipinski definition) is 10. The first-order valence-electron chi connectivity index (χ1n) is 19.2. The molecule has 298 valence electrons. The van der Waals surface area contributed by atoms with Gasteiger partial charge in [-0.15, -0.1) is 0 Å². The van der Waals surface area contributed by atoms with E-state index in [2.05, 4.69) is 0 Å². The van der Waals surface area contributed by atoms with Crippen LogP contribution in [0.4, 0.5) is 0 Å². The number of ether oxygens (including phenoxy) is 1. The summed E-state index contributed by atoms with van der Waals surface area (Å²) in [6, 6.07) is 40.8. The van der Waals surface area contributed by atoms with Crippen molar-refractivity contribution in [3.05, 3.63) is 191 Å². The third-order valence-electron chi connectivity index (χ3n) is 11.6. The van der Waals surface area contributed by atoms with E-state index < -0.39 is 82.9 Å². The molecular weight excluding hydrogens is 737 g/mol. The van der Waals surface area contributed by atoms with Gasteiger partial charge in [0.1, 0.15) is 52.2 Å². The number of phenolic OH excluding ortho intramolecular Hbond substituents is 1. The normalized spacial score (nSPS) is 27.8. The largest absolute Gasteiger partial charge is 0.509 e. The van der Waals surface area contributed by atoms with Gasteiger partial charge in [-0.3, -0.25) is 9.59 Å². The van der Waals surface area contributed by atoms with Crippen LogP contribution >= 0.6 is 0 Å². The van der Waals surface area contributed by atoms with E-state index in [9.17, 15) is 45.3 Å². The Balaban J connectivity index is 1.40. The molecule has 1 fully saturated rings. The Kier molecular flexibility index (Phi) is 11.6. The molecule has 0 bridgehead atoms. The number of hydrogen-bond donors (Lipinski definition) is 7. The Hall–Kier alpha value is -5.72. The van der Waals surface area contributed by atoms with Gasteiger partial charge in [0.25, 0.3) is 0 Å². The number of aromatic hydroxyl groups is 1. The van der Waals surface area contributed by atoms with E-state index in [-0.39, 0.29) is 18.6 Å². The number of benzene rings is 5. The van der Waals surface area contributed by atoms with Crippen molar-refractivity contribution in [1.29, 1.82) is 0 Å². The van der Waals surface area contributed by atoms with Gasteiger partial charge < -0.3 is 40.5 Å². The number of ketones is 2. The zero-order valence-corrected chi connectivity index (χ0v) is 31.6. The zero-order chi connectivity index (χ0) is 41.1. The minimum absolute atomic E-state index is 0.00585. The number of rotatable bonds is 13. The van der Waals surface area contributed by atoms with E-state index in [0.717, 1.165) is 6.08 Å². The van der Waals surface area contributed by atoms with Crippen LogP contribution in [0.5, 0.6) is 5.75 Å². The molecule has 2 aliphatic rings. The van der Waals surface area contributed by atoms with Gasteiger partial charge in [0.05, 0.1) is 12.0 Å². The predicted octanol–water partition coefficient (Wildman–Crippen LogP) is 4.64. The highest BCUT2D eigenvalue weighted by Crippen LogP contribution is 2.54. The van der Waals surface area contributed by atoms with E-state index >= 15 is 0 Å². The second kappa shape index (κ2) is 16.6. The lowest BCUT2D eigenvalue weighted by molar-refractivity contribution is -0.372. The first kappa shape index (κ1) is 40.5. The Morgan fingerprint density at radius 3 is 1.64 bits per heavy atom. The molecule has 0 saturated carbocycles. The summed E-state index contributed by atoms with van der Waals surface area (Å²) in [5.41, 5.74) is -5.88. The molecular formula is C48H46O10. The third-order valence-corrected chi connectivity index (χ3v) is 11.6. The molecule has 8 atom stereocenters. The minimum Gasteiger partial charge on any atom is -0.509 e. The summed E-state index contributed by atoms with van der Waals surface area (Å²) >= 11 is 0. The van der Waals surface area contributed by atoms with Gasteiger partial charge >= 0.3 is 0 Å². The molecule has 58 heavy (non-hydrogen) atoms. The maximum Gasteiger partial charge on any atom is 0.192 e. The summed E-state index contributed by atoms with van der Waals surface area (Å²) in [5, 5.41) is 85.7. The highest BCUT2D eigenvalue weighted by atomic mass is 16.6. The molecule has 0 aromatic heterocycles. The smallest absolute Gasteiger partial charge is 0.192 e. The van der Waals surface area contributed by atoms with E-state index in [4.69, 9.17) is 4.74 Å². The van der Waals surface area contributed by atoms with E-state index in [1.165, 1.54) is 30.3 Å². The molecule has 4 unspecified atom stereocenters. The molecule has 1 aliphatic heterocycles. The maximum atomic E-state index is 14.6. The minimum atomic E-state index is -2.67. The van der Waals surface area contributed by atoms with Gasteiger partial charge in [0.2, 0.25) is 0 Å². The van der Waals surface area contributed by atoms with Gasteiger partial charge in [-0.2, -0.15) is 0 Å². The lowest BCUT2D eigenvalue weighted by Gasteiger charge is -2.63. The van der Waals surface area contributed by atoms with Crippen molar-refractivity contribution in [2.75, 3.05) is 0 Å². The molecule has 0 spiro atoms. The topological polar surface area (TPSA) is 185 Å². The first-order valence-corrected chi connectivity index (χ1v) is 19.2. The van der Waals surface area contributed by atoms with E-state index in [1.54, 1.807) is 115 Å². The van der Waals surface area contributed by atoms with Crippen molar-refractivity contribution < 1.29 is 50.1 Å². The molecule has 0 radical (unpaired) electrons. The molecule has 1 aliphatic carbocycles. The van der Waals surface area contributed by atoms with Gasteiger partial charge in [-0.1, -0.05) is 140 Å². The van der Waals surface area contributed by atoms with Crippen LogP contribution in [-0.2, 0) is 40.0 Å². The molecule has 7 N–H and O–H groups in total. The highest BCUT2D eigenvalue weighted by Gasteiger charge is 2.74. The number of aliphatic hydroxyl groups is 6. The molecule has 5 aromatic rings. The van der Waals surface area contributed by atoms with Crippen LogP contribution < -0.4 is 0 Å². The van der Waals surface area contributed by atoms with Gasteiger partial charge in [-0.25, -0.2) is 0 Å². The average molecular weight is 783 g/mol. The van der Waals surface area contributed by atoms with Crippen molar-refractivity contribution in [3.8, 4) is 5.75 Å². The Labute approximate surface area is 336 Å². The molecule has 10 heteroatoms. The maximum absolute atomic E-state index is 14.6. The summed E-state index contributed by atoms with van der Waals surface area (Å²) in [4.78, 5) is 28.3. The third kappa shape index (κ3) is 7.66. The fraction of sp³-hybridized carbons (Fsp3) is 0.250. The quantitative estimate of drug-likeness (QED) is 0.0656. The second-order valence-electron chi connectivity index (χ2n) is 15.3. The fourth-order valence-electron chi connectivity index (χ4n) is 8.63. The number of carbonyl (C=O) groups excluding carboxylic acids is 2. The standard InChI is InChI=1S/C48H46O10/c49-36-24-21-31(22-25-36)23-26-37(50)39-41(52)40(43(54)42(39)53)45-47(56,29-34-17-9-3-10-18-34)48(57,30-35-19-11-4-12-20-35)46(55,28-33-15-7-2-8-16-33)44(58-45)38(51)27-32-13-5-1-6-14-32/h1-26,38,40,43-45,49,51,53-57H,27-30H2/t38?,40?,43?,44-,45?,46-,47+,48+/m1/s1. The number of aliphatic hydroxyl groups excluding tert-OH is 3. The van der Waals surface area contributed by atoms with Crippen molar-refractivity contribution in [2.24, 2.45) is 5.92 Å². The molecule has 10 nitrogen and oxygen atoms in total. The van der Waals surface area contributed by atoms with Crippen molar-refractivity contribution >= 4 is 17.6 Å². The zero-order valence-electron chi connectivity index (χ0n) is 31.6. The Morgan fingerprint density at radius 1 is 0.655 bits per heavy atom. The number of Topliss-reactive ketones (excluding diaryl/α,β-unsaturated/α-hetero) is 1. The molecule has 7 rings (SSSR count). The van der Waals surface area contributed by atoms with Gasteiger partial charge in [-0.05, 0) is 46.0 Å². The first-order chi connectivity index (χ1) is 27.8. The van der Waals surface area contributed by atoms with Gasteiger partial charge in [0.15, 0.2) is 11.6 Å². The SMILES string of the molecule is O=C(C=Cc1ccc(O)cc1)C1=C(O)C(O)C(C2O[C@H](C(O)Cc3ccccc3)[C@](O)(Cc3ccccc3)[C@@](O)(Cc3ccccc3)[C@]2(O)Cc2ccccc2)C1=O. The number of phenols is 1. The summed E-state index contributed by atoms with van der Waals surface area (Å²) in [6.07, 6.45) is -6.13.